The molecule has 0 amide bonds. The summed E-state index contributed by atoms with van der Waals surface area (Å²) in [6.07, 6.45) is 10.9. The van der Waals surface area contributed by atoms with Crippen LogP contribution in [0.4, 0.5) is 0 Å². The number of carboxylic acids is 1. The van der Waals surface area contributed by atoms with Crippen molar-refractivity contribution in [2.75, 3.05) is 6.54 Å². The average molecular weight is 267 g/mol. The minimum atomic E-state index is -0.991. The number of fused-ring (bicyclic) bond motifs is 3. The molecule has 0 radical (unpaired) electrons. The van der Waals surface area contributed by atoms with Gasteiger partial charge in [0.15, 0.2) is 0 Å². The van der Waals surface area contributed by atoms with Gasteiger partial charge in [-0.05, 0) is 22.9 Å². The topological polar surface area (TPSA) is 74.6 Å². The summed E-state index contributed by atoms with van der Waals surface area (Å²) in [6, 6.07) is 1.65. The zero-order chi connectivity index (χ0) is 13.7. The number of aromatic nitrogens is 1. The molecule has 1 aromatic heterocycles. The largest absolute Gasteiger partial charge is 0.477 e. The summed E-state index contributed by atoms with van der Waals surface area (Å²) in [7, 11) is 0. The third-order valence-corrected chi connectivity index (χ3v) is 4.28. The summed E-state index contributed by atoms with van der Waals surface area (Å²) in [5.41, 5.74) is -0.0149. The van der Waals surface area contributed by atoms with Crippen LogP contribution in [-0.4, -0.2) is 28.4 Å². The van der Waals surface area contributed by atoms with Crippen LogP contribution in [0.25, 0.3) is 12.2 Å². The first-order chi connectivity index (χ1) is 9.68. The maximum absolute atomic E-state index is 11.0. The molecule has 2 aliphatic heterocycles. The number of carbonyl (C=O) groups is 1. The zero-order valence-electron chi connectivity index (χ0n) is 10.7. The average Bonchev–Trinajstić information content (AvgIpc) is 3.00. The quantitative estimate of drug-likeness (QED) is 0.743. The lowest BCUT2D eigenvalue weighted by molar-refractivity contribution is 0.0690. The van der Waals surface area contributed by atoms with Gasteiger partial charge in [-0.15, -0.1) is 0 Å². The highest BCUT2D eigenvalue weighted by Crippen LogP contribution is 2.41. The SMILES string of the molecule is O=C(O)c1cc2c(cn1)=CC1(C=2)CNC2=NC=CCC21. The van der Waals surface area contributed by atoms with Crippen molar-refractivity contribution in [2.45, 2.75) is 6.42 Å². The number of allylic oxidation sites excluding steroid dienone is 1. The molecular formula is C15H13N3O2. The maximum atomic E-state index is 11.0. The van der Waals surface area contributed by atoms with Gasteiger partial charge in [-0.1, -0.05) is 18.2 Å². The van der Waals surface area contributed by atoms with E-state index in [2.05, 4.69) is 33.5 Å². The zero-order valence-corrected chi connectivity index (χ0v) is 10.7. The number of aromatic carboxylic acids is 1. The van der Waals surface area contributed by atoms with Crippen LogP contribution in [0.2, 0.25) is 0 Å². The lowest BCUT2D eigenvalue weighted by Crippen LogP contribution is -2.26. The van der Waals surface area contributed by atoms with Gasteiger partial charge in [-0.2, -0.15) is 0 Å². The number of pyridine rings is 1. The summed E-state index contributed by atoms with van der Waals surface area (Å²) in [5.74, 6) is 0.349. The first-order valence-electron chi connectivity index (χ1n) is 6.60. The normalized spacial score (nSPS) is 29.0. The Morgan fingerprint density at radius 1 is 1.40 bits per heavy atom. The second-order valence-corrected chi connectivity index (χ2v) is 5.45. The van der Waals surface area contributed by atoms with E-state index in [-0.39, 0.29) is 11.1 Å². The third kappa shape index (κ3) is 1.46. The molecule has 2 unspecified atom stereocenters. The van der Waals surface area contributed by atoms with Gasteiger partial charge in [0.1, 0.15) is 11.5 Å². The molecule has 20 heavy (non-hydrogen) atoms. The first kappa shape index (κ1) is 11.4. The molecule has 0 aromatic carbocycles. The molecule has 5 nitrogen and oxygen atoms in total. The number of rotatable bonds is 1. The summed E-state index contributed by atoms with van der Waals surface area (Å²) >= 11 is 0. The molecule has 2 N–H and O–H groups in total. The lowest BCUT2D eigenvalue weighted by atomic mass is 9.76. The van der Waals surface area contributed by atoms with E-state index in [9.17, 15) is 4.79 Å². The Kier molecular flexibility index (Phi) is 2.16. The predicted molar refractivity (Wildman–Crippen MR) is 74.5 cm³/mol. The van der Waals surface area contributed by atoms with E-state index < -0.39 is 5.97 Å². The molecular weight excluding hydrogens is 254 g/mol. The number of amidine groups is 1. The molecule has 3 heterocycles. The molecule has 1 spiro atoms. The number of nitrogens with zero attached hydrogens (tertiary/aromatic N) is 2. The van der Waals surface area contributed by atoms with Crippen molar-refractivity contribution in [2.24, 2.45) is 16.3 Å². The van der Waals surface area contributed by atoms with Crippen LogP contribution in [-0.2, 0) is 0 Å². The first-order valence-corrected chi connectivity index (χ1v) is 6.60. The Hall–Kier alpha value is -2.43. The van der Waals surface area contributed by atoms with Crippen molar-refractivity contribution < 1.29 is 9.90 Å². The highest BCUT2D eigenvalue weighted by molar-refractivity contribution is 5.93. The van der Waals surface area contributed by atoms with Crippen LogP contribution in [0.5, 0.6) is 0 Å². The highest BCUT2D eigenvalue weighted by Gasteiger charge is 2.44. The van der Waals surface area contributed by atoms with Crippen molar-refractivity contribution >= 4 is 24.0 Å². The Labute approximate surface area is 115 Å². The predicted octanol–water partition coefficient (Wildman–Crippen LogP) is -0.124. The molecule has 0 bridgehead atoms. The third-order valence-electron chi connectivity index (χ3n) is 4.28. The number of carboxylic acid groups (broad SMARTS) is 1. The van der Waals surface area contributed by atoms with Gasteiger partial charge in [-0.3, -0.25) is 0 Å². The summed E-state index contributed by atoms with van der Waals surface area (Å²) in [6.45, 7) is 0.801. The molecule has 1 saturated heterocycles. The van der Waals surface area contributed by atoms with Gasteiger partial charge in [0.2, 0.25) is 0 Å². The van der Waals surface area contributed by atoms with Crippen LogP contribution < -0.4 is 15.8 Å². The van der Waals surface area contributed by atoms with Gasteiger partial charge in [0.25, 0.3) is 0 Å². The minimum Gasteiger partial charge on any atom is -0.477 e. The maximum Gasteiger partial charge on any atom is 0.354 e. The fourth-order valence-corrected chi connectivity index (χ4v) is 3.31. The molecule has 2 atom stereocenters. The van der Waals surface area contributed by atoms with E-state index in [1.165, 1.54) is 0 Å². The van der Waals surface area contributed by atoms with E-state index in [4.69, 9.17) is 5.11 Å². The molecule has 1 fully saturated rings. The Balaban J connectivity index is 1.85. The van der Waals surface area contributed by atoms with Crippen molar-refractivity contribution in [3.63, 3.8) is 0 Å². The van der Waals surface area contributed by atoms with Crippen LogP contribution in [0.15, 0.2) is 29.5 Å². The number of hydrogen-bond acceptors (Lipinski definition) is 4. The van der Waals surface area contributed by atoms with Gasteiger partial charge >= 0.3 is 5.97 Å². The lowest BCUT2D eigenvalue weighted by Gasteiger charge is -2.25. The van der Waals surface area contributed by atoms with Gasteiger partial charge in [-0.25, -0.2) is 14.8 Å². The summed E-state index contributed by atoms with van der Waals surface area (Å²) in [5, 5.41) is 14.4. The fourth-order valence-electron chi connectivity index (χ4n) is 3.31. The standard InChI is InChI=1S/C15H13N3O2/c19-14(20)12-4-9-5-15(6-10(9)7-17-12)8-18-13-11(15)2-1-3-16-13/h1,3-7,11H,2,8H2,(H,16,18)(H,19,20). The number of aliphatic imine (C=N–C) groups is 1. The van der Waals surface area contributed by atoms with Crippen molar-refractivity contribution in [1.29, 1.82) is 0 Å². The Morgan fingerprint density at radius 3 is 3.10 bits per heavy atom. The molecule has 1 aliphatic carbocycles. The van der Waals surface area contributed by atoms with Gasteiger partial charge in [0, 0.05) is 30.3 Å². The van der Waals surface area contributed by atoms with Crippen molar-refractivity contribution in [3.05, 3.63) is 40.7 Å². The monoisotopic (exact) mass is 267 g/mol. The van der Waals surface area contributed by atoms with Crippen molar-refractivity contribution in [3.8, 4) is 0 Å². The van der Waals surface area contributed by atoms with E-state index in [0.717, 1.165) is 29.2 Å². The van der Waals surface area contributed by atoms with Crippen LogP contribution in [0.3, 0.4) is 0 Å². The number of hydrogen-bond donors (Lipinski definition) is 2. The Morgan fingerprint density at radius 2 is 2.25 bits per heavy atom. The Bertz CT molecular complexity index is 794. The van der Waals surface area contributed by atoms with E-state index in [0.29, 0.717) is 5.92 Å². The minimum absolute atomic E-state index is 0.0915. The van der Waals surface area contributed by atoms with Crippen LogP contribution in [0.1, 0.15) is 16.9 Å². The second-order valence-electron chi connectivity index (χ2n) is 5.45. The molecule has 0 saturated carbocycles. The molecule has 1 aromatic rings. The van der Waals surface area contributed by atoms with Gasteiger partial charge < -0.3 is 10.4 Å². The molecule has 100 valence electrons. The second kappa shape index (κ2) is 3.79. The van der Waals surface area contributed by atoms with Crippen LogP contribution in [0, 0.1) is 11.3 Å². The highest BCUT2D eigenvalue weighted by atomic mass is 16.4. The molecule has 3 aliphatic rings. The van der Waals surface area contributed by atoms with E-state index >= 15 is 0 Å². The van der Waals surface area contributed by atoms with Crippen LogP contribution >= 0.6 is 0 Å². The summed E-state index contributed by atoms with van der Waals surface area (Å²) < 4.78 is 0. The smallest absolute Gasteiger partial charge is 0.354 e. The summed E-state index contributed by atoms with van der Waals surface area (Å²) in [4.78, 5) is 19.4. The van der Waals surface area contributed by atoms with E-state index in [1.807, 2.05) is 6.20 Å². The molecule has 5 heteroatoms. The number of nitrogens with one attached hydrogen (secondary N) is 1. The fraction of sp³-hybridized carbons (Fsp3) is 0.267. The molecule has 4 rings (SSSR count). The van der Waals surface area contributed by atoms with Gasteiger partial charge in [0.05, 0.1) is 0 Å². The van der Waals surface area contributed by atoms with Crippen molar-refractivity contribution in [1.82, 2.24) is 10.3 Å². The van der Waals surface area contributed by atoms with E-state index in [1.54, 1.807) is 12.3 Å².